The van der Waals surface area contributed by atoms with Gasteiger partial charge in [0.2, 0.25) is 0 Å². The first-order valence-corrected chi connectivity index (χ1v) is 5.25. The van der Waals surface area contributed by atoms with E-state index in [0.29, 0.717) is 6.42 Å². The van der Waals surface area contributed by atoms with Crippen molar-refractivity contribution in [2.45, 2.75) is 17.7 Å². The zero-order valence-corrected chi connectivity index (χ0v) is 7.50. The summed E-state index contributed by atoms with van der Waals surface area (Å²) < 4.78 is 26.7. The average Bonchev–Trinajstić information content (AvgIpc) is 2.25. The van der Waals surface area contributed by atoms with E-state index in [0.717, 1.165) is 7.11 Å². The lowest BCUT2D eigenvalue weighted by molar-refractivity contribution is -0.140. The Labute approximate surface area is 70.8 Å². The van der Waals surface area contributed by atoms with Crippen LogP contribution in [0.15, 0.2) is 0 Å². The largest absolute Gasteiger partial charge is 0.468 e. The molecule has 1 fully saturated rings. The first kappa shape index (κ1) is 9.47. The highest BCUT2D eigenvalue weighted by molar-refractivity contribution is 7.93. The molecular formula is C6H11NO4S. The van der Waals surface area contributed by atoms with Gasteiger partial charge < -0.3 is 10.5 Å². The van der Waals surface area contributed by atoms with Gasteiger partial charge in [0.05, 0.1) is 12.9 Å². The Balaban J connectivity index is 2.93. The Kier molecular flexibility index (Phi) is 2.39. The highest BCUT2D eigenvalue weighted by Gasteiger charge is 2.44. The molecule has 70 valence electrons. The van der Waals surface area contributed by atoms with Crippen molar-refractivity contribution in [1.82, 2.24) is 0 Å². The highest BCUT2D eigenvalue weighted by atomic mass is 32.2. The lowest BCUT2D eigenvalue weighted by Crippen LogP contribution is -2.40. The molecule has 2 unspecified atom stereocenters. The molecule has 2 atom stereocenters. The number of rotatable bonds is 1. The fourth-order valence-corrected chi connectivity index (χ4v) is 3.20. The first-order valence-electron chi connectivity index (χ1n) is 3.54. The molecule has 1 heterocycles. The molecule has 12 heavy (non-hydrogen) atoms. The average molecular weight is 193 g/mol. The van der Waals surface area contributed by atoms with E-state index in [1.54, 1.807) is 0 Å². The highest BCUT2D eigenvalue weighted by Crippen LogP contribution is 2.19. The van der Waals surface area contributed by atoms with Gasteiger partial charge in [-0.2, -0.15) is 0 Å². The summed E-state index contributed by atoms with van der Waals surface area (Å²) in [6, 6.07) is -0.609. The van der Waals surface area contributed by atoms with Gasteiger partial charge in [0, 0.05) is 6.04 Å². The van der Waals surface area contributed by atoms with Crippen molar-refractivity contribution in [3.63, 3.8) is 0 Å². The second kappa shape index (κ2) is 3.02. The predicted molar refractivity (Wildman–Crippen MR) is 42.2 cm³/mol. The number of ether oxygens (including phenoxy) is 1. The van der Waals surface area contributed by atoms with Gasteiger partial charge in [-0.15, -0.1) is 0 Å². The molecule has 1 rings (SSSR count). The second-order valence-electron chi connectivity index (χ2n) is 2.76. The van der Waals surface area contributed by atoms with Gasteiger partial charge in [0.15, 0.2) is 15.1 Å². The maximum absolute atomic E-state index is 11.2. The fraction of sp³-hybridized carbons (Fsp3) is 0.833. The molecule has 0 aromatic rings. The van der Waals surface area contributed by atoms with Gasteiger partial charge >= 0.3 is 5.97 Å². The summed E-state index contributed by atoms with van der Waals surface area (Å²) in [4.78, 5) is 11.0. The van der Waals surface area contributed by atoms with Crippen LogP contribution in [0.5, 0.6) is 0 Å². The quantitative estimate of drug-likeness (QED) is 0.522. The van der Waals surface area contributed by atoms with E-state index in [9.17, 15) is 13.2 Å². The van der Waals surface area contributed by atoms with Gasteiger partial charge in [-0.3, -0.25) is 4.79 Å². The van der Waals surface area contributed by atoms with E-state index < -0.39 is 27.1 Å². The normalized spacial score (nSPS) is 33.2. The standard InChI is InChI=1S/C6H11NO4S/c1-11-6(8)5-4(7)2-3-12(5,9)10/h4-5H,2-3,7H2,1H3. The summed E-state index contributed by atoms with van der Waals surface area (Å²) in [6.07, 6.45) is 0.335. The number of carbonyl (C=O) groups is 1. The third-order valence-electron chi connectivity index (χ3n) is 1.94. The van der Waals surface area contributed by atoms with Crippen molar-refractivity contribution in [2.24, 2.45) is 5.73 Å². The molecule has 0 aromatic carbocycles. The molecule has 1 saturated heterocycles. The molecule has 0 aromatic heterocycles. The minimum absolute atomic E-state index is 0.0199. The van der Waals surface area contributed by atoms with E-state index >= 15 is 0 Å². The number of carbonyl (C=O) groups excluding carboxylic acids is 1. The monoisotopic (exact) mass is 193 g/mol. The van der Waals surface area contributed by atoms with E-state index in [1.165, 1.54) is 0 Å². The maximum atomic E-state index is 11.2. The third-order valence-corrected chi connectivity index (χ3v) is 4.07. The van der Waals surface area contributed by atoms with Crippen LogP contribution in [0.2, 0.25) is 0 Å². The topological polar surface area (TPSA) is 86.5 Å². The number of nitrogens with two attached hydrogens (primary N) is 1. The molecule has 0 saturated carbocycles. The molecule has 0 radical (unpaired) electrons. The minimum Gasteiger partial charge on any atom is -0.468 e. The zero-order valence-electron chi connectivity index (χ0n) is 6.69. The smallest absolute Gasteiger partial charge is 0.325 e. The molecular weight excluding hydrogens is 182 g/mol. The summed E-state index contributed by atoms with van der Waals surface area (Å²) in [5.74, 6) is -0.770. The first-order chi connectivity index (χ1) is 5.49. The zero-order chi connectivity index (χ0) is 9.35. The summed E-state index contributed by atoms with van der Waals surface area (Å²) in [6.45, 7) is 0. The van der Waals surface area contributed by atoms with Crippen LogP contribution in [-0.2, 0) is 19.4 Å². The van der Waals surface area contributed by atoms with Crippen LogP contribution in [0.3, 0.4) is 0 Å². The van der Waals surface area contributed by atoms with Crippen LogP contribution in [0.1, 0.15) is 6.42 Å². The SMILES string of the molecule is COC(=O)C1C(N)CCS1(=O)=O. The molecule has 0 amide bonds. The Bertz CT molecular complexity index is 284. The molecule has 0 bridgehead atoms. The van der Waals surface area contributed by atoms with Gasteiger partial charge in [0.1, 0.15) is 0 Å². The van der Waals surface area contributed by atoms with Crippen molar-refractivity contribution < 1.29 is 17.9 Å². The summed E-state index contributed by atoms with van der Waals surface area (Å²) in [7, 11) is -2.19. The van der Waals surface area contributed by atoms with Gasteiger partial charge in [-0.05, 0) is 6.42 Å². The van der Waals surface area contributed by atoms with Crippen molar-refractivity contribution in [3.05, 3.63) is 0 Å². The van der Waals surface area contributed by atoms with Crippen molar-refractivity contribution >= 4 is 15.8 Å². The summed E-state index contributed by atoms with van der Waals surface area (Å²) in [5.41, 5.74) is 5.45. The number of hydrogen-bond donors (Lipinski definition) is 1. The Morgan fingerprint density at radius 3 is 2.50 bits per heavy atom. The molecule has 0 aliphatic carbocycles. The van der Waals surface area contributed by atoms with E-state index in [2.05, 4.69) is 4.74 Å². The number of methoxy groups -OCH3 is 1. The third kappa shape index (κ3) is 1.44. The Hall–Kier alpha value is -0.620. The number of hydrogen-bond acceptors (Lipinski definition) is 5. The lowest BCUT2D eigenvalue weighted by atomic mass is 10.2. The van der Waals surface area contributed by atoms with Crippen LogP contribution < -0.4 is 5.73 Å². The van der Waals surface area contributed by atoms with Crippen molar-refractivity contribution in [2.75, 3.05) is 12.9 Å². The molecule has 6 heteroatoms. The number of esters is 1. The van der Waals surface area contributed by atoms with Gasteiger partial charge in [-0.1, -0.05) is 0 Å². The molecule has 0 spiro atoms. The lowest BCUT2D eigenvalue weighted by Gasteiger charge is -2.10. The summed E-state index contributed by atoms with van der Waals surface area (Å²) in [5, 5.41) is -1.15. The predicted octanol–water partition coefficient (Wildman–Crippen LogP) is -1.33. The molecule has 5 nitrogen and oxygen atoms in total. The van der Waals surface area contributed by atoms with Crippen LogP contribution in [0, 0.1) is 0 Å². The minimum atomic E-state index is -3.35. The van der Waals surface area contributed by atoms with E-state index in [4.69, 9.17) is 5.73 Å². The van der Waals surface area contributed by atoms with E-state index in [-0.39, 0.29) is 5.75 Å². The van der Waals surface area contributed by atoms with Crippen LogP contribution in [-0.4, -0.2) is 38.5 Å². The summed E-state index contributed by atoms with van der Waals surface area (Å²) >= 11 is 0. The number of sulfone groups is 1. The van der Waals surface area contributed by atoms with E-state index in [1.807, 2.05) is 0 Å². The molecule has 1 aliphatic heterocycles. The van der Waals surface area contributed by atoms with Crippen LogP contribution in [0.4, 0.5) is 0 Å². The van der Waals surface area contributed by atoms with Crippen molar-refractivity contribution in [1.29, 1.82) is 0 Å². The molecule has 2 N–H and O–H groups in total. The molecule has 1 aliphatic rings. The van der Waals surface area contributed by atoms with Gasteiger partial charge in [0.25, 0.3) is 0 Å². The fourth-order valence-electron chi connectivity index (χ4n) is 1.28. The van der Waals surface area contributed by atoms with Crippen molar-refractivity contribution in [3.8, 4) is 0 Å². The van der Waals surface area contributed by atoms with Crippen LogP contribution >= 0.6 is 0 Å². The Morgan fingerprint density at radius 2 is 2.17 bits per heavy atom. The van der Waals surface area contributed by atoms with Crippen LogP contribution in [0.25, 0.3) is 0 Å². The second-order valence-corrected chi connectivity index (χ2v) is 5.01. The maximum Gasteiger partial charge on any atom is 0.325 e. The van der Waals surface area contributed by atoms with Gasteiger partial charge in [-0.25, -0.2) is 8.42 Å². The Morgan fingerprint density at radius 1 is 1.58 bits per heavy atom.